The van der Waals surface area contributed by atoms with Crippen molar-refractivity contribution in [3.8, 4) is 0 Å². The molecule has 0 aliphatic heterocycles. The van der Waals surface area contributed by atoms with E-state index in [0.717, 1.165) is 12.1 Å². The molecule has 0 radical (unpaired) electrons. The molecular weight excluding hydrogens is 218 g/mol. The zero-order chi connectivity index (χ0) is 10.7. The van der Waals surface area contributed by atoms with Gasteiger partial charge in [0.2, 0.25) is 0 Å². The van der Waals surface area contributed by atoms with Crippen LogP contribution in [0.1, 0.15) is 5.56 Å². The Morgan fingerprint density at radius 1 is 1.33 bits per heavy atom. The number of aromatic nitrogens is 1. The van der Waals surface area contributed by atoms with Gasteiger partial charge in [-0.1, -0.05) is 0 Å². The monoisotopic (exact) mass is 226 g/mol. The van der Waals surface area contributed by atoms with Gasteiger partial charge in [-0.2, -0.15) is 0 Å². The predicted molar refractivity (Wildman–Crippen MR) is 55.8 cm³/mol. The number of halogens is 2. The largest absolute Gasteiger partial charge is 0.357 e. The minimum absolute atomic E-state index is 0.233. The van der Waals surface area contributed by atoms with Crippen LogP contribution in [-0.4, -0.2) is 4.98 Å². The van der Waals surface area contributed by atoms with E-state index in [4.69, 9.17) is 0 Å². The van der Waals surface area contributed by atoms with E-state index < -0.39 is 11.6 Å². The number of hydrogen-bond donors (Lipinski definition) is 1. The fourth-order valence-electron chi connectivity index (χ4n) is 1.16. The summed E-state index contributed by atoms with van der Waals surface area (Å²) in [5.74, 6) is -0.854. The molecule has 0 fully saturated rings. The quantitative estimate of drug-likeness (QED) is 0.870. The summed E-state index contributed by atoms with van der Waals surface area (Å²) in [5, 5.41) is 5.41. The highest BCUT2D eigenvalue weighted by molar-refractivity contribution is 7.13. The molecule has 2 aromatic rings. The number of nitrogens with zero attached hydrogens (tertiary/aromatic N) is 1. The summed E-state index contributed by atoms with van der Waals surface area (Å²) < 4.78 is 26.0. The molecule has 0 spiro atoms. The molecular formula is C10H8F2N2S. The minimum Gasteiger partial charge on any atom is -0.357 e. The summed E-state index contributed by atoms with van der Waals surface area (Å²) >= 11 is 1.41. The van der Waals surface area contributed by atoms with E-state index in [2.05, 4.69) is 10.3 Å². The smallest absolute Gasteiger partial charge is 0.182 e. The van der Waals surface area contributed by atoms with Crippen LogP contribution in [0, 0.1) is 11.6 Å². The summed E-state index contributed by atoms with van der Waals surface area (Å²) in [6, 6.07) is 3.40. The topological polar surface area (TPSA) is 24.9 Å². The maximum Gasteiger partial charge on any atom is 0.182 e. The summed E-state index contributed by atoms with van der Waals surface area (Å²) in [7, 11) is 0. The number of anilines is 1. The zero-order valence-corrected chi connectivity index (χ0v) is 8.52. The van der Waals surface area contributed by atoms with Crippen molar-refractivity contribution < 1.29 is 8.78 Å². The molecule has 0 bridgehead atoms. The van der Waals surface area contributed by atoms with Gasteiger partial charge in [-0.3, -0.25) is 0 Å². The van der Waals surface area contributed by atoms with Crippen LogP contribution in [0.2, 0.25) is 0 Å². The lowest BCUT2D eigenvalue weighted by molar-refractivity contribution is 0.587. The molecule has 1 heterocycles. The molecule has 1 aromatic heterocycles. The van der Waals surface area contributed by atoms with Crippen LogP contribution < -0.4 is 5.32 Å². The van der Waals surface area contributed by atoms with Gasteiger partial charge in [0.15, 0.2) is 5.13 Å². The highest BCUT2D eigenvalue weighted by Crippen LogP contribution is 2.14. The first-order valence-corrected chi connectivity index (χ1v) is 5.21. The van der Waals surface area contributed by atoms with Crippen LogP contribution in [0.15, 0.2) is 29.8 Å². The van der Waals surface area contributed by atoms with E-state index in [9.17, 15) is 8.78 Å². The average Bonchev–Trinajstić information content (AvgIpc) is 2.72. The van der Waals surface area contributed by atoms with Crippen LogP contribution in [-0.2, 0) is 6.54 Å². The summed E-state index contributed by atoms with van der Waals surface area (Å²) in [6.07, 6.45) is 1.65. The summed E-state index contributed by atoms with van der Waals surface area (Å²) in [4.78, 5) is 3.97. The van der Waals surface area contributed by atoms with E-state index in [1.54, 1.807) is 6.20 Å². The lowest BCUT2D eigenvalue weighted by Crippen LogP contribution is -2.01. The van der Waals surface area contributed by atoms with Crippen LogP contribution in [0.5, 0.6) is 0 Å². The van der Waals surface area contributed by atoms with Gasteiger partial charge in [-0.15, -0.1) is 11.3 Å². The summed E-state index contributed by atoms with van der Waals surface area (Å²) in [6.45, 7) is 0.233. The van der Waals surface area contributed by atoms with Gasteiger partial charge in [0.1, 0.15) is 11.6 Å². The van der Waals surface area contributed by atoms with E-state index in [-0.39, 0.29) is 6.54 Å². The molecule has 0 atom stereocenters. The Balaban J connectivity index is 2.07. The third kappa shape index (κ3) is 2.50. The predicted octanol–water partition coefficient (Wildman–Crippen LogP) is 3.03. The van der Waals surface area contributed by atoms with Gasteiger partial charge in [0, 0.05) is 23.7 Å². The first kappa shape index (κ1) is 10.0. The van der Waals surface area contributed by atoms with E-state index in [1.807, 2.05) is 5.38 Å². The molecule has 0 saturated carbocycles. The van der Waals surface area contributed by atoms with Crippen LogP contribution in [0.3, 0.4) is 0 Å². The molecule has 0 amide bonds. The lowest BCUT2D eigenvalue weighted by atomic mass is 10.2. The number of rotatable bonds is 3. The second-order valence-corrected chi connectivity index (χ2v) is 3.82. The molecule has 0 saturated heterocycles. The Hall–Kier alpha value is -1.49. The van der Waals surface area contributed by atoms with E-state index in [1.165, 1.54) is 17.4 Å². The second kappa shape index (κ2) is 4.35. The van der Waals surface area contributed by atoms with E-state index >= 15 is 0 Å². The van der Waals surface area contributed by atoms with Crippen LogP contribution in [0.25, 0.3) is 0 Å². The van der Waals surface area contributed by atoms with Crippen molar-refractivity contribution in [2.45, 2.75) is 6.54 Å². The van der Waals surface area contributed by atoms with Crippen molar-refractivity contribution in [1.29, 1.82) is 0 Å². The number of benzene rings is 1. The Labute approximate surface area is 89.6 Å². The fourth-order valence-corrected chi connectivity index (χ4v) is 1.69. The van der Waals surface area contributed by atoms with Gasteiger partial charge >= 0.3 is 0 Å². The van der Waals surface area contributed by atoms with Gasteiger partial charge in [0.05, 0.1) is 0 Å². The Morgan fingerprint density at radius 2 is 2.20 bits per heavy atom. The molecule has 2 rings (SSSR count). The molecule has 0 aliphatic rings. The Bertz CT molecular complexity index is 443. The zero-order valence-electron chi connectivity index (χ0n) is 7.71. The number of nitrogens with one attached hydrogen (secondary N) is 1. The fraction of sp³-hybridized carbons (Fsp3) is 0.100. The van der Waals surface area contributed by atoms with Crippen molar-refractivity contribution in [1.82, 2.24) is 4.98 Å². The normalized spacial score (nSPS) is 10.3. The first-order valence-electron chi connectivity index (χ1n) is 4.33. The van der Waals surface area contributed by atoms with Crippen molar-refractivity contribution >= 4 is 16.5 Å². The molecule has 0 unspecified atom stereocenters. The maximum absolute atomic E-state index is 13.2. The lowest BCUT2D eigenvalue weighted by Gasteiger charge is -2.04. The van der Waals surface area contributed by atoms with Crippen molar-refractivity contribution in [2.75, 3.05) is 5.32 Å². The molecule has 0 aliphatic carbocycles. The highest BCUT2D eigenvalue weighted by Gasteiger charge is 2.03. The standard InChI is InChI=1S/C10H8F2N2S/c11-8-1-2-9(12)7(5-8)6-14-10-13-3-4-15-10/h1-5H,6H2,(H,13,14). The molecule has 1 aromatic carbocycles. The van der Waals surface area contributed by atoms with Gasteiger partial charge in [-0.05, 0) is 18.2 Å². The molecule has 78 valence electrons. The minimum atomic E-state index is -0.438. The third-order valence-electron chi connectivity index (χ3n) is 1.87. The Kier molecular flexibility index (Phi) is 2.91. The van der Waals surface area contributed by atoms with Crippen LogP contribution >= 0.6 is 11.3 Å². The number of thiazole rings is 1. The molecule has 1 N–H and O–H groups in total. The molecule has 5 heteroatoms. The van der Waals surface area contributed by atoms with Crippen molar-refractivity contribution in [3.05, 3.63) is 47.0 Å². The highest BCUT2D eigenvalue weighted by atomic mass is 32.1. The SMILES string of the molecule is Fc1ccc(F)c(CNc2nccs2)c1. The average molecular weight is 226 g/mol. The summed E-state index contributed by atoms with van der Waals surface area (Å²) in [5.41, 5.74) is 0.296. The Morgan fingerprint density at radius 3 is 2.93 bits per heavy atom. The van der Waals surface area contributed by atoms with Gasteiger partial charge in [-0.25, -0.2) is 13.8 Å². The van der Waals surface area contributed by atoms with Gasteiger partial charge in [0.25, 0.3) is 0 Å². The molecule has 15 heavy (non-hydrogen) atoms. The first-order chi connectivity index (χ1) is 7.25. The van der Waals surface area contributed by atoms with E-state index in [0.29, 0.717) is 10.7 Å². The maximum atomic E-state index is 13.2. The van der Waals surface area contributed by atoms with Crippen molar-refractivity contribution in [2.24, 2.45) is 0 Å². The number of hydrogen-bond acceptors (Lipinski definition) is 3. The van der Waals surface area contributed by atoms with Gasteiger partial charge < -0.3 is 5.32 Å². The van der Waals surface area contributed by atoms with Crippen molar-refractivity contribution in [3.63, 3.8) is 0 Å². The third-order valence-corrected chi connectivity index (χ3v) is 2.60. The molecule has 2 nitrogen and oxygen atoms in total. The second-order valence-electron chi connectivity index (χ2n) is 2.93. The van der Waals surface area contributed by atoms with Crippen LogP contribution in [0.4, 0.5) is 13.9 Å².